The second-order valence-corrected chi connectivity index (χ2v) is 3.95. The maximum atomic E-state index is 9.74. The third-order valence-corrected chi connectivity index (χ3v) is 2.32. The standard InChI is InChI=1S/C10H13NO2/c1-10(2,12)9-5-7-6-11-4-3-8(7)13-9/h3-4,6,9,12H,5H2,1-2H3/t9-/m0/s1. The fraction of sp³-hybridized carbons (Fsp3) is 0.500. The van der Waals surface area contributed by atoms with Gasteiger partial charge in [-0.3, -0.25) is 4.98 Å². The molecule has 1 aliphatic heterocycles. The molecule has 2 heterocycles. The first-order valence-electron chi connectivity index (χ1n) is 4.39. The fourth-order valence-corrected chi connectivity index (χ4v) is 1.47. The van der Waals surface area contributed by atoms with Crippen LogP contribution >= 0.6 is 0 Å². The summed E-state index contributed by atoms with van der Waals surface area (Å²) >= 11 is 0. The second kappa shape index (κ2) is 2.70. The van der Waals surface area contributed by atoms with Crippen LogP contribution in [0.1, 0.15) is 19.4 Å². The molecule has 1 aliphatic rings. The Morgan fingerprint density at radius 1 is 1.62 bits per heavy atom. The van der Waals surface area contributed by atoms with Crippen molar-refractivity contribution in [3.63, 3.8) is 0 Å². The summed E-state index contributed by atoms with van der Waals surface area (Å²) in [6.07, 6.45) is 4.09. The van der Waals surface area contributed by atoms with Gasteiger partial charge in [-0.2, -0.15) is 0 Å². The highest BCUT2D eigenvalue weighted by atomic mass is 16.5. The zero-order valence-electron chi connectivity index (χ0n) is 7.82. The minimum absolute atomic E-state index is 0.147. The van der Waals surface area contributed by atoms with Crippen LogP contribution in [0.5, 0.6) is 5.75 Å². The van der Waals surface area contributed by atoms with E-state index in [9.17, 15) is 5.11 Å². The van der Waals surface area contributed by atoms with Crippen molar-refractivity contribution >= 4 is 0 Å². The molecule has 3 heteroatoms. The number of aromatic nitrogens is 1. The van der Waals surface area contributed by atoms with E-state index in [1.165, 1.54) is 0 Å². The molecule has 0 bridgehead atoms. The molecule has 0 fully saturated rings. The van der Waals surface area contributed by atoms with E-state index in [-0.39, 0.29) is 6.10 Å². The van der Waals surface area contributed by atoms with Crippen molar-refractivity contribution in [3.8, 4) is 5.75 Å². The van der Waals surface area contributed by atoms with Crippen molar-refractivity contribution in [1.29, 1.82) is 0 Å². The van der Waals surface area contributed by atoms with Crippen LogP contribution in [0.2, 0.25) is 0 Å². The number of rotatable bonds is 1. The number of hydrogen-bond donors (Lipinski definition) is 1. The van der Waals surface area contributed by atoms with Crippen LogP contribution in [-0.4, -0.2) is 21.8 Å². The van der Waals surface area contributed by atoms with E-state index < -0.39 is 5.60 Å². The molecule has 0 unspecified atom stereocenters. The highest BCUT2D eigenvalue weighted by Crippen LogP contribution is 2.31. The van der Waals surface area contributed by atoms with Gasteiger partial charge in [-0.05, 0) is 19.9 Å². The van der Waals surface area contributed by atoms with E-state index in [0.29, 0.717) is 0 Å². The minimum atomic E-state index is -0.793. The van der Waals surface area contributed by atoms with Gasteiger partial charge in [0.05, 0.1) is 5.60 Å². The Bertz CT molecular complexity index is 292. The molecule has 70 valence electrons. The smallest absolute Gasteiger partial charge is 0.131 e. The van der Waals surface area contributed by atoms with E-state index in [1.54, 1.807) is 26.2 Å². The molecule has 13 heavy (non-hydrogen) atoms. The lowest BCUT2D eigenvalue weighted by Gasteiger charge is -2.24. The van der Waals surface area contributed by atoms with Gasteiger partial charge >= 0.3 is 0 Å². The summed E-state index contributed by atoms with van der Waals surface area (Å²) in [4.78, 5) is 4.01. The van der Waals surface area contributed by atoms with Gasteiger partial charge in [0.1, 0.15) is 11.9 Å². The van der Waals surface area contributed by atoms with Gasteiger partial charge in [0.25, 0.3) is 0 Å². The molecule has 1 N–H and O–H groups in total. The van der Waals surface area contributed by atoms with Gasteiger partial charge < -0.3 is 9.84 Å². The number of hydrogen-bond acceptors (Lipinski definition) is 3. The predicted molar refractivity (Wildman–Crippen MR) is 48.7 cm³/mol. The Kier molecular flexibility index (Phi) is 1.77. The maximum Gasteiger partial charge on any atom is 0.131 e. The number of nitrogens with zero attached hydrogens (tertiary/aromatic N) is 1. The molecule has 0 amide bonds. The van der Waals surface area contributed by atoms with E-state index in [1.807, 2.05) is 6.07 Å². The van der Waals surface area contributed by atoms with Gasteiger partial charge in [0.15, 0.2) is 0 Å². The van der Waals surface area contributed by atoms with E-state index in [0.717, 1.165) is 17.7 Å². The van der Waals surface area contributed by atoms with Crippen molar-refractivity contribution in [2.24, 2.45) is 0 Å². The van der Waals surface area contributed by atoms with Crippen LogP contribution in [0.4, 0.5) is 0 Å². The van der Waals surface area contributed by atoms with Crippen LogP contribution in [0.15, 0.2) is 18.5 Å². The topological polar surface area (TPSA) is 42.4 Å². The first-order valence-corrected chi connectivity index (χ1v) is 4.39. The number of aliphatic hydroxyl groups is 1. The summed E-state index contributed by atoms with van der Waals surface area (Å²) in [7, 11) is 0. The summed E-state index contributed by atoms with van der Waals surface area (Å²) < 4.78 is 5.58. The summed E-state index contributed by atoms with van der Waals surface area (Å²) in [5.74, 6) is 0.849. The number of pyridine rings is 1. The van der Waals surface area contributed by atoms with Crippen molar-refractivity contribution < 1.29 is 9.84 Å². The molecule has 0 saturated carbocycles. The maximum absolute atomic E-state index is 9.74. The number of fused-ring (bicyclic) bond motifs is 1. The van der Waals surface area contributed by atoms with Crippen LogP contribution < -0.4 is 4.74 Å². The van der Waals surface area contributed by atoms with Crippen molar-refractivity contribution in [2.75, 3.05) is 0 Å². The Morgan fingerprint density at radius 3 is 3.00 bits per heavy atom. The monoisotopic (exact) mass is 179 g/mol. The first-order chi connectivity index (χ1) is 6.07. The van der Waals surface area contributed by atoms with Gasteiger partial charge in [-0.25, -0.2) is 0 Å². The molecule has 1 atom stereocenters. The highest BCUT2D eigenvalue weighted by molar-refractivity contribution is 5.35. The Morgan fingerprint density at radius 2 is 2.38 bits per heavy atom. The molecule has 2 rings (SSSR count). The SMILES string of the molecule is CC(C)(O)[C@@H]1Cc2cnccc2O1. The Hall–Kier alpha value is -1.09. The Balaban J connectivity index is 2.23. The number of ether oxygens (including phenoxy) is 1. The normalized spacial score (nSPS) is 21.0. The van der Waals surface area contributed by atoms with Crippen molar-refractivity contribution in [3.05, 3.63) is 24.0 Å². The molecule has 0 aromatic carbocycles. The third kappa shape index (κ3) is 1.52. The molecule has 3 nitrogen and oxygen atoms in total. The predicted octanol–water partition coefficient (Wildman–Crippen LogP) is 1.16. The van der Waals surface area contributed by atoms with Gasteiger partial charge in [-0.1, -0.05) is 0 Å². The van der Waals surface area contributed by atoms with E-state index in [4.69, 9.17) is 4.74 Å². The van der Waals surface area contributed by atoms with Gasteiger partial charge in [0.2, 0.25) is 0 Å². The third-order valence-electron chi connectivity index (χ3n) is 2.32. The first kappa shape index (κ1) is 8.51. The van der Waals surface area contributed by atoms with Gasteiger partial charge in [-0.15, -0.1) is 0 Å². The fourth-order valence-electron chi connectivity index (χ4n) is 1.47. The van der Waals surface area contributed by atoms with Crippen LogP contribution in [0.25, 0.3) is 0 Å². The van der Waals surface area contributed by atoms with E-state index >= 15 is 0 Å². The Labute approximate surface area is 77.4 Å². The van der Waals surface area contributed by atoms with Crippen molar-refractivity contribution in [1.82, 2.24) is 4.98 Å². The quantitative estimate of drug-likeness (QED) is 0.703. The molecule has 1 aromatic rings. The largest absolute Gasteiger partial charge is 0.487 e. The molecular formula is C10H13NO2. The summed E-state index contributed by atoms with van der Waals surface area (Å²) in [5, 5.41) is 9.74. The molecule has 0 saturated heterocycles. The average molecular weight is 179 g/mol. The molecule has 0 radical (unpaired) electrons. The lowest BCUT2D eigenvalue weighted by molar-refractivity contribution is -0.0229. The molecule has 0 spiro atoms. The lowest BCUT2D eigenvalue weighted by Crippen LogP contribution is -2.39. The molecule has 0 aliphatic carbocycles. The summed E-state index contributed by atoms with van der Waals surface area (Å²) in [5.41, 5.74) is 0.286. The minimum Gasteiger partial charge on any atom is -0.487 e. The zero-order chi connectivity index (χ0) is 9.47. The molecule has 1 aromatic heterocycles. The highest BCUT2D eigenvalue weighted by Gasteiger charge is 2.34. The van der Waals surface area contributed by atoms with E-state index in [2.05, 4.69) is 4.98 Å². The summed E-state index contributed by atoms with van der Waals surface area (Å²) in [6.45, 7) is 3.52. The van der Waals surface area contributed by atoms with Crippen LogP contribution in [0.3, 0.4) is 0 Å². The average Bonchev–Trinajstić information content (AvgIpc) is 2.45. The zero-order valence-corrected chi connectivity index (χ0v) is 7.82. The van der Waals surface area contributed by atoms with Crippen LogP contribution in [0, 0.1) is 0 Å². The van der Waals surface area contributed by atoms with Crippen LogP contribution in [-0.2, 0) is 6.42 Å². The lowest BCUT2D eigenvalue weighted by atomic mass is 9.98. The summed E-state index contributed by atoms with van der Waals surface area (Å²) in [6, 6.07) is 1.83. The van der Waals surface area contributed by atoms with Gasteiger partial charge in [0, 0.05) is 24.4 Å². The molecular weight excluding hydrogens is 166 g/mol. The second-order valence-electron chi connectivity index (χ2n) is 3.95. The van der Waals surface area contributed by atoms with Crippen molar-refractivity contribution in [2.45, 2.75) is 32.0 Å².